The summed E-state index contributed by atoms with van der Waals surface area (Å²) >= 11 is 0. The zero-order chi connectivity index (χ0) is 10.0. The maximum atomic E-state index is 3.49. The van der Waals surface area contributed by atoms with Crippen LogP contribution in [0.4, 0.5) is 0 Å². The van der Waals surface area contributed by atoms with E-state index in [1.165, 1.54) is 45.2 Å². The summed E-state index contributed by atoms with van der Waals surface area (Å²) in [6.45, 7) is 8.51. The quantitative estimate of drug-likeness (QED) is 0.691. The van der Waals surface area contributed by atoms with Crippen LogP contribution >= 0.6 is 0 Å². The van der Waals surface area contributed by atoms with Crippen LogP contribution in [0.25, 0.3) is 0 Å². The molecule has 1 saturated heterocycles. The summed E-state index contributed by atoms with van der Waals surface area (Å²) in [6.07, 6.45) is 7.00. The predicted octanol–water partition coefficient (Wildman–Crippen LogP) is 2.21. The Kier molecular flexibility index (Phi) is 3.13. The molecule has 1 saturated carbocycles. The van der Waals surface area contributed by atoms with Gasteiger partial charge in [0.05, 0.1) is 0 Å². The van der Waals surface area contributed by atoms with Gasteiger partial charge >= 0.3 is 0 Å². The SMILES string of the molecule is CC1(C)CCCC(N2CCCNC2)C1. The van der Waals surface area contributed by atoms with Gasteiger partial charge in [-0.25, -0.2) is 0 Å². The summed E-state index contributed by atoms with van der Waals surface area (Å²) < 4.78 is 0. The molecule has 0 amide bonds. The number of nitrogens with zero attached hydrogens (tertiary/aromatic N) is 1. The van der Waals surface area contributed by atoms with E-state index in [0.717, 1.165) is 12.7 Å². The lowest BCUT2D eigenvalue weighted by Crippen LogP contribution is -2.49. The zero-order valence-corrected chi connectivity index (χ0v) is 9.68. The van der Waals surface area contributed by atoms with Crippen molar-refractivity contribution in [2.45, 2.75) is 52.0 Å². The largest absolute Gasteiger partial charge is 0.304 e. The van der Waals surface area contributed by atoms with Gasteiger partial charge in [0.15, 0.2) is 0 Å². The van der Waals surface area contributed by atoms with Gasteiger partial charge in [-0.05, 0) is 37.6 Å². The number of rotatable bonds is 1. The fourth-order valence-electron chi connectivity index (χ4n) is 2.99. The van der Waals surface area contributed by atoms with E-state index >= 15 is 0 Å². The highest BCUT2D eigenvalue weighted by molar-refractivity contribution is 4.85. The van der Waals surface area contributed by atoms with E-state index in [0.29, 0.717) is 5.41 Å². The van der Waals surface area contributed by atoms with Crippen LogP contribution in [0.15, 0.2) is 0 Å². The third-order valence-corrected chi connectivity index (χ3v) is 3.81. The smallest absolute Gasteiger partial charge is 0.0483 e. The molecule has 1 unspecified atom stereocenters. The highest BCUT2D eigenvalue weighted by Gasteiger charge is 2.31. The third kappa shape index (κ3) is 2.48. The Balaban J connectivity index is 1.89. The summed E-state index contributed by atoms with van der Waals surface area (Å²) in [4.78, 5) is 2.66. The molecule has 0 aromatic heterocycles. The standard InChI is InChI=1S/C12H24N2/c1-12(2)6-3-5-11(9-12)14-8-4-7-13-10-14/h11,13H,3-10H2,1-2H3. The normalized spacial score (nSPS) is 34.3. The van der Waals surface area contributed by atoms with E-state index in [-0.39, 0.29) is 0 Å². The molecule has 1 aliphatic heterocycles. The summed E-state index contributed by atoms with van der Waals surface area (Å²) in [5.41, 5.74) is 0.584. The Morgan fingerprint density at radius 1 is 1.29 bits per heavy atom. The van der Waals surface area contributed by atoms with Gasteiger partial charge in [-0.1, -0.05) is 20.3 Å². The van der Waals surface area contributed by atoms with Gasteiger partial charge in [-0.2, -0.15) is 0 Å². The molecule has 1 aliphatic carbocycles. The van der Waals surface area contributed by atoms with Crippen LogP contribution in [-0.4, -0.2) is 30.7 Å². The van der Waals surface area contributed by atoms with Crippen molar-refractivity contribution in [3.05, 3.63) is 0 Å². The van der Waals surface area contributed by atoms with E-state index in [9.17, 15) is 0 Å². The highest BCUT2D eigenvalue weighted by Crippen LogP contribution is 2.37. The minimum Gasteiger partial charge on any atom is -0.304 e. The van der Waals surface area contributed by atoms with Gasteiger partial charge in [-0.15, -0.1) is 0 Å². The van der Waals surface area contributed by atoms with Gasteiger partial charge in [0, 0.05) is 19.3 Å². The Morgan fingerprint density at radius 2 is 2.14 bits per heavy atom. The Hall–Kier alpha value is -0.0800. The molecular formula is C12H24N2. The van der Waals surface area contributed by atoms with Crippen LogP contribution in [0, 0.1) is 5.41 Å². The second-order valence-corrected chi connectivity index (χ2v) is 5.74. The molecule has 2 aliphatic rings. The summed E-state index contributed by atoms with van der Waals surface area (Å²) in [7, 11) is 0. The molecule has 1 N–H and O–H groups in total. The first-order valence-electron chi connectivity index (χ1n) is 6.12. The monoisotopic (exact) mass is 196 g/mol. The van der Waals surface area contributed by atoms with E-state index < -0.39 is 0 Å². The number of hydrogen-bond donors (Lipinski definition) is 1. The minimum absolute atomic E-state index is 0.584. The molecule has 1 heterocycles. The molecule has 0 radical (unpaired) electrons. The molecule has 2 nitrogen and oxygen atoms in total. The van der Waals surface area contributed by atoms with Crippen molar-refractivity contribution >= 4 is 0 Å². The van der Waals surface area contributed by atoms with Crippen LogP contribution < -0.4 is 5.32 Å². The topological polar surface area (TPSA) is 15.3 Å². The van der Waals surface area contributed by atoms with Gasteiger partial charge in [0.25, 0.3) is 0 Å². The molecule has 2 heteroatoms. The summed E-state index contributed by atoms with van der Waals surface area (Å²) in [6, 6.07) is 0.853. The van der Waals surface area contributed by atoms with Crippen molar-refractivity contribution in [2.24, 2.45) is 5.41 Å². The molecule has 2 fully saturated rings. The fourth-order valence-corrected chi connectivity index (χ4v) is 2.99. The molecule has 0 aromatic carbocycles. The molecular weight excluding hydrogens is 172 g/mol. The summed E-state index contributed by atoms with van der Waals surface area (Å²) in [5.74, 6) is 0. The number of nitrogens with one attached hydrogen (secondary N) is 1. The van der Waals surface area contributed by atoms with E-state index in [1.807, 2.05) is 0 Å². The maximum Gasteiger partial charge on any atom is 0.0483 e. The lowest BCUT2D eigenvalue weighted by atomic mass is 9.74. The highest BCUT2D eigenvalue weighted by atomic mass is 15.3. The Morgan fingerprint density at radius 3 is 2.79 bits per heavy atom. The average Bonchev–Trinajstić information content (AvgIpc) is 2.18. The lowest BCUT2D eigenvalue weighted by Gasteiger charge is -2.42. The molecule has 14 heavy (non-hydrogen) atoms. The van der Waals surface area contributed by atoms with Crippen LogP contribution in [0.5, 0.6) is 0 Å². The molecule has 82 valence electrons. The van der Waals surface area contributed by atoms with Crippen molar-refractivity contribution in [3.8, 4) is 0 Å². The second kappa shape index (κ2) is 4.19. The van der Waals surface area contributed by atoms with Crippen molar-refractivity contribution in [3.63, 3.8) is 0 Å². The lowest BCUT2D eigenvalue weighted by molar-refractivity contribution is 0.0741. The van der Waals surface area contributed by atoms with Crippen LogP contribution in [0.3, 0.4) is 0 Å². The van der Waals surface area contributed by atoms with E-state index in [1.54, 1.807) is 0 Å². The zero-order valence-electron chi connectivity index (χ0n) is 9.68. The molecule has 0 aromatic rings. The fraction of sp³-hybridized carbons (Fsp3) is 1.00. The maximum absolute atomic E-state index is 3.49. The Labute approximate surface area is 88.1 Å². The second-order valence-electron chi connectivity index (χ2n) is 5.74. The first kappa shape index (κ1) is 10.4. The van der Waals surface area contributed by atoms with Crippen molar-refractivity contribution in [1.29, 1.82) is 0 Å². The molecule has 1 atom stereocenters. The van der Waals surface area contributed by atoms with Crippen molar-refractivity contribution in [2.75, 3.05) is 19.8 Å². The van der Waals surface area contributed by atoms with Gasteiger partial charge in [-0.3, -0.25) is 4.90 Å². The molecule has 0 spiro atoms. The van der Waals surface area contributed by atoms with Gasteiger partial charge in [0.2, 0.25) is 0 Å². The van der Waals surface area contributed by atoms with Gasteiger partial charge in [0.1, 0.15) is 0 Å². The molecule has 2 rings (SSSR count). The average molecular weight is 196 g/mol. The van der Waals surface area contributed by atoms with Crippen LogP contribution in [0.2, 0.25) is 0 Å². The first-order chi connectivity index (χ1) is 6.67. The minimum atomic E-state index is 0.584. The van der Waals surface area contributed by atoms with Crippen molar-refractivity contribution < 1.29 is 0 Å². The first-order valence-corrected chi connectivity index (χ1v) is 6.12. The van der Waals surface area contributed by atoms with E-state index in [4.69, 9.17) is 0 Å². The number of hydrogen-bond acceptors (Lipinski definition) is 2. The third-order valence-electron chi connectivity index (χ3n) is 3.81. The molecule has 0 bridgehead atoms. The van der Waals surface area contributed by atoms with Crippen molar-refractivity contribution in [1.82, 2.24) is 10.2 Å². The van der Waals surface area contributed by atoms with E-state index in [2.05, 4.69) is 24.1 Å². The predicted molar refractivity (Wildman–Crippen MR) is 60.2 cm³/mol. The summed E-state index contributed by atoms with van der Waals surface area (Å²) in [5, 5.41) is 3.49. The van der Waals surface area contributed by atoms with Crippen LogP contribution in [0.1, 0.15) is 46.0 Å². The Bertz CT molecular complexity index is 183. The van der Waals surface area contributed by atoms with Crippen LogP contribution in [-0.2, 0) is 0 Å². The van der Waals surface area contributed by atoms with Gasteiger partial charge < -0.3 is 5.32 Å².